The molecule has 0 aliphatic heterocycles. The predicted molar refractivity (Wildman–Crippen MR) is 75.3 cm³/mol. The van der Waals surface area contributed by atoms with E-state index >= 15 is 0 Å². The predicted octanol–water partition coefficient (Wildman–Crippen LogP) is 2.56. The van der Waals surface area contributed by atoms with E-state index in [1.807, 2.05) is 14.0 Å². The van der Waals surface area contributed by atoms with E-state index in [9.17, 15) is 4.39 Å². The van der Waals surface area contributed by atoms with Gasteiger partial charge in [0.2, 0.25) is 0 Å². The Kier molecular flexibility index (Phi) is 8.27. The van der Waals surface area contributed by atoms with Crippen LogP contribution in [-0.4, -0.2) is 37.7 Å². The SMILES string of the molecule is CC(CN)N(C)CCOc1ccc(F)cc1Cl.Cl. The highest BCUT2D eigenvalue weighted by Crippen LogP contribution is 2.24. The molecule has 1 atom stereocenters. The largest absolute Gasteiger partial charge is 0.491 e. The zero-order valence-electron chi connectivity index (χ0n) is 10.5. The number of likely N-dealkylation sites (N-methyl/N-ethyl adjacent to an activating group) is 1. The van der Waals surface area contributed by atoms with Crippen molar-refractivity contribution in [3.8, 4) is 5.75 Å². The first-order valence-corrected chi connectivity index (χ1v) is 5.90. The quantitative estimate of drug-likeness (QED) is 0.877. The Balaban J connectivity index is 0.00000289. The number of benzene rings is 1. The minimum atomic E-state index is -0.365. The van der Waals surface area contributed by atoms with E-state index < -0.39 is 0 Å². The summed E-state index contributed by atoms with van der Waals surface area (Å²) in [7, 11) is 1.98. The molecular weight excluding hydrogens is 278 g/mol. The first-order chi connectivity index (χ1) is 8.04. The van der Waals surface area contributed by atoms with Crippen molar-refractivity contribution in [3.05, 3.63) is 29.0 Å². The molecule has 0 aliphatic carbocycles. The van der Waals surface area contributed by atoms with Gasteiger partial charge >= 0.3 is 0 Å². The molecule has 0 aromatic heterocycles. The Hall–Kier alpha value is -0.550. The third kappa shape index (κ3) is 5.40. The monoisotopic (exact) mass is 296 g/mol. The van der Waals surface area contributed by atoms with Gasteiger partial charge in [0.25, 0.3) is 0 Å². The number of halogens is 3. The summed E-state index contributed by atoms with van der Waals surface area (Å²) in [5, 5.41) is 0.291. The molecule has 18 heavy (non-hydrogen) atoms. The molecule has 0 heterocycles. The lowest BCUT2D eigenvalue weighted by atomic mass is 10.3. The standard InChI is InChI=1S/C12H18ClFN2O.ClH/c1-9(8-15)16(2)5-6-17-12-4-3-10(14)7-11(12)13;/h3-4,7,9H,5-6,8,15H2,1-2H3;1H. The molecule has 0 saturated carbocycles. The van der Waals surface area contributed by atoms with Crippen LogP contribution >= 0.6 is 24.0 Å². The molecule has 0 radical (unpaired) electrons. The van der Waals surface area contributed by atoms with Crippen molar-refractivity contribution in [2.75, 3.05) is 26.7 Å². The van der Waals surface area contributed by atoms with Crippen molar-refractivity contribution in [1.29, 1.82) is 0 Å². The van der Waals surface area contributed by atoms with Crippen LogP contribution in [0.3, 0.4) is 0 Å². The first-order valence-electron chi connectivity index (χ1n) is 5.52. The van der Waals surface area contributed by atoms with Crippen LogP contribution in [0, 0.1) is 5.82 Å². The Labute approximate surface area is 118 Å². The molecule has 0 aliphatic rings. The Morgan fingerprint density at radius 2 is 2.17 bits per heavy atom. The van der Waals surface area contributed by atoms with Gasteiger partial charge in [0, 0.05) is 19.1 Å². The Morgan fingerprint density at radius 1 is 1.50 bits per heavy atom. The van der Waals surface area contributed by atoms with E-state index in [4.69, 9.17) is 22.1 Å². The summed E-state index contributed by atoms with van der Waals surface area (Å²) in [6.07, 6.45) is 0. The number of hydrogen-bond acceptors (Lipinski definition) is 3. The average molecular weight is 297 g/mol. The Bertz CT molecular complexity index is 366. The number of ether oxygens (including phenoxy) is 1. The van der Waals surface area contributed by atoms with Crippen molar-refractivity contribution in [3.63, 3.8) is 0 Å². The fourth-order valence-electron chi connectivity index (χ4n) is 1.29. The maximum absolute atomic E-state index is 12.8. The van der Waals surface area contributed by atoms with Gasteiger partial charge in [-0.25, -0.2) is 4.39 Å². The summed E-state index contributed by atoms with van der Waals surface area (Å²) in [6, 6.07) is 4.41. The van der Waals surface area contributed by atoms with Crippen LogP contribution in [0.4, 0.5) is 4.39 Å². The topological polar surface area (TPSA) is 38.5 Å². The van der Waals surface area contributed by atoms with Gasteiger partial charge in [-0.05, 0) is 32.2 Å². The number of rotatable bonds is 6. The fourth-order valence-corrected chi connectivity index (χ4v) is 1.51. The van der Waals surface area contributed by atoms with Crippen LogP contribution in [-0.2, 0) is 0 Å². The van der Waals surface area contributed by atoms with Gasteiger partial charge in [-0.15, -0.1) is 12.4 Å². The second kappa shape index (κ2) is 8.53. The van der Waals surface area contributed by atoms with Gasteiger partial charge in [0.05, 0.1) is 5.02 Å². The third-order valence-electron chi connectivity index (χ3n) is 2.69. The summed E-state index contributed by atoms with van der Waals surface area (Å²) in [6.45, 7) is 3.89. The minimum absolute atomic E-state index is 0. The highest BCUT2D eigenvalue weighted by atomic mass is 35.5. The van der Waals surface area contributed by atoms with Gasteiger partial charge in [-0.3, -0.25) is 4.90 Å². The summed E-state index contributed by atoms with van der Waals surface area (Å²) in [5.41, 5.74) is 5.55. The molecular formula is C12H19Cl2FN2O. The van der Waals surface area contributed by atoms with Gasteiger partial charge in [-0.1, -0.05) is 11.6 Å². The zero-order valence-corrected chi connectivity index (χ0v) is 12.1. The molecule has 0 amide bonds. The molecule has 104 valence electrons. The van der Waals surface area contributed by atoms with E-state index in [2.05, 4.69) is 4.90 Å². The molecule has 0 fully saturated rings. The van der Waals surface area contributed by atoms with Gasteiger partial charge in [0.15, 0.2) is 0 Å². The van der Waals surface area contributed by atoms with Crippen LogP contribution < -0.4 is 10.5 Å². The van der Waals surface area contributed by atoms with E-state index in [0.29, 0.717) is 30.0 Å². The molecule has 0 bridgehead atoms. The molecule has 0 saturated heterocycles. The minimum Gasteiger partial charge on any atom is -0.491 e. The fraction of sp³-hybridized carbons (Fsp3) is 0.500. The summed E-state index contributed by atoms with van der Waals surface area (Å²) in [5.74, 6) is 0.137. The molecule has 6 heteroatoms. The van der Waals surface area contributed by atoms with Crippen molar-refractivity contribution < 1.29 is 9.13 Å². The third-order valence-corrected chi connectivity index (χ3v) is 2.98. The van der Waals surface area contributed by atoms with Gasteiger partial charge in [0.1, 0.15) is 18.2 Å². The zero-order chi connectivity index (χ0) is 12.8. The highest BCUT2D eigenvalue weighted by molar-refractivity contribution is 6.32. The molecule has 0 spiro atoms. The van der Waals surface area contributed by atoms with E-state index in [-0.39, 0.29) is 18.2 Å². The normalized spacial score (nSPS) is 12.1. The van der Waals surface area contributed by atoms with Crippen LogP contribution in [0.5, 0.6) is 5.75 Å². The van der Waals surface area contributed by atoms with Crippen molar-refractivity contribution in [1.82, 2.24) is 4.90 Å². The van der Waals surface area contributed by atoms with Crippen molar-refractivity contribution in [2.24, 2.45) is 5.73 Å². The van der Waals surface area contributed by atoms with Crippen LogP contribution in [0.1, 0.15) is 6.92 Å². The molecule has 1 aromatic rings. The number of nitrogens with two attached hydrogens (primary N) is 1. The van der Waals surface area contributed by atoms with Crippen LogP contribution in [0.15, 0.2) is 18.2 Å². The summed E-state index contributed by atoms with van der Waals surface area (Å²) < 4.78 is 18.3. The average Bonchev–Trinajstić information content (AvgIpc) is 2.30. The second-order valence-electron chi connectivity index (χ2n) is 3.99. The van der Waals surface area contributed by atoms with Crippen molar-refractivity contribution >= 4 is 24.0 Å². The molecule has 1 unspecified atom stereocenters. The van der Waals surface area contributed by atoms with Gasteiger partial charge < -0.3 is 10.5 Å². The summed E-state index contributed by atoms with van der Waals surface area (Å²) in [4.78, 5) is 2.09. The summed E-state index contributed by atoms with van der Waals surface area (Å²) >= 11 is 5.84. The lowest BCUT2D eigenvalue weighted by molar-refractivity contribution is 0.203. The smallest absolute Gasteiger partial charge is 0.138 e. The molecule has 1 rings (SSSR count). The highest BCUT2D eigenvalue weighted by Gasteiger charge is 2.07. The number of hydrogen-bond donors (Lipinski definition) is 1. The number of nitrogens with zero attached hydrogens (tertiary/aromatic N) is 1. The van der Waals surface area contributed by atoms with Gasteiger partial charge in [-0.2, -0.15) is 0 Å². The van der Waals surface area contributed by atoms with E-state index in [0.717, 1.165) is 6.54 Å². The molecule has 1 aromatic carbocycles. The van der Waals surface area contributed by atoms with Crippen molar-refractivity contribution in [2.45, 2.75) is 13.0 Å². The molecule has 3 nitrogen and oxygen atoms in total. The maximum atomic E-state index is 12.8. The van der Waals surface area contributed by atoms with E-state index in [1.165, 1.54) is 18.2 Å². The van der Waals surface area contributed by atoms with Crippen LogP contribution in [0.25, 0.3) is 0 Å². The molecule has 2 N–H and O–H groups in total. The Morgan fingerprint density at radius 3 is 2.72 bits per heavy atom. The lowest BCUT2D eigenvalue weighted by Crippen LogP contribution is -2.37. The maximum Gasteiger partial charge on any atom is 0.138 e. The second-order valence-corrected chi connectivity index (χ2v) is 4.40. The van der Waals surface area contributed by atoms with Crippen LogP contribution in [0.2, 0.25) is 5.02 Å². The lowest BCUT2D eigenvalue weighted by Gasteiger charge is -2.23. The van der Waals surface area contributed by atoms with E-state index in [1.54, 1.807) is 0 Å². The first kappa shape index (κ1) is 17.4.